The molecule has 1 N–H and O–H groups in total. The zero-order valence-electron chi connectivity index (χ0n) is 9.89. The Balaban J connectivity index is 2.36. The largest absolute Gasteiger partial charge is 0.387 e. The maximum absolute atomic E-state index is 13.3. The Bertz CT molecular complexity index is 628. The second-order valence-electron chi connectivity index (χ2n) is 4.25. The van der Waals surface area contributed by atoms with Crippen LogP contribution in [0.2, 0.25) is 0 Å². The molecule has 1 aliphatic heterocycles. The van der Waals surface area contributed by atoms with E-state index in [0.29, 0.717) is 30.5 Å². The molecule has 2 heterocycles. The highest BCUT2D eigenvalue weighted by Gasteiger charge is 2.19. The van der Waals surface area contributed by atoms with Crippen molar-refractivity contribution in [3.8, 4) is 0 Å². The van der Waals surface area contributed by atoms with Crippen molar-refractivity contribution in [2.45, 2.75) is 13.0 Å². The molecule has 3 rings (SSSR count). The predicted molar refractivity (Wildman–Crippen MR) is 64.6 cm³/mol. The van der Waals surface area contributed by atoms with Crippen LogP contribution in [0.1, 0.15) is 11.3 Å². The van der Waals surface area contributed by atoms with E-state index in [4.69, 9.17) is 4.74 Å². The molecule has 1 aromatic carbocycles. The maximum atomic E-state index is 13.3. The lowest BCUT2D eigenvalue weighted by molar-refractivity contribution is 0.110. The second-order valence-corrected chi connectivity index (χ2v) is 4.25. The van der Waals surface area contributed by atoms with Gasteiger partial charge < -0.3 is 10.1 Å². The molecule has 3 nitrogen and oxygen atoms in total. The molecule has 0 radical (unpaired) electrons. The molecule has 18 heavy (non-hydrogen) atoms. The number of aromatic nitrogens is 1. The highest BCUT2D eigenvalue weighted by molar-refractivity contribution is 5.93. The van der Waals surface area contributed by atoms with Gasteiger partial charge >= 0.3 is 0 Å². The molecule has 0 atom stereocenters. The number of nitrogens with zero attached hydrogens (tertiary/aromatic N) is 1. The number of benzene rings is 1. The van der Waals surface area contributed by atoms with Gasteiger partial charge in [-0.1, -0.05) is 0 Å². The van der Waals surface area contributed by atoms with Crippen LogP contribution in [0.25, 0.3) is 10.9 Å². The summed E-state index contributed by atoms with van der Waals surface area (Å²) in [5.74, 6) is -1.73. The Morgan fingerprint density at radius 2 is 2.06 bits per heavy atom. The first-order chi connectivity index (χ1) is 8.70. The van der Waals surface area contributed by atoms with Gasteiger partial charge in [0.1, 0.15) is 0 Å². The topological polar surface area (TPSA) is 34.2 Å². The van der Waals surface area contributed by atoms with Gasteiger partial charge in [-0.05, 0) is 6.07 Å². The fourth-order valence-electron chi connectivity index (χ4n) is 2.34. The minimum Gasteiger partial charge on any atom is -0.387 e. The third-order valence-electron chi connectivity index (χ3n) is 3.19. The number of rotatable bonds is 1. The summed E-state index contributed by atoms with van der Waals surface area (Å²) < 4.78 is 32.0. The lowest BCUT2D eigenvalue weighted by Gasteiger charge is -2.20. The molecular weight excluding hydrogens is 238 g/mol. The molecule has 1 aliphatic rings. The highest BCUT2D eigenvalue weighted by atomic mass is 19.2. The van der Waals surface area contributed by atoms with Crippen molar-refractivity contribution in [3.05, 3.63) is 35.0 Å². The van der Waals surface area contributed by atoms with Crippen molar-refractivity contribution in [1.29, 1.82) is 0 Å². The SMILES string of the molecule is CNc1c2c(nc3cc(F)c(F)cc13)CCOC2. The third-order valence-corrected chi connectivity index (χ3v) is 3.19. The average Bonchev–Trinajstić information content (AvgIpc) is 2.38. The van der Waals surface area contributed by atoms with Crippen LogP contribution in [0.5, 0.6) is 0 Å². The molecule has 0 fully saturated rings. The maximum Gasteiger partial charge on any atom is 0.161 e. The van der Waals surface area contributed by atoms with Gasteiger partial charge in [0.25, 0.3) is 0 Å². The van der Waals surface area contributed by atoms with E-state index >= 15 is 0 Å². The molecule has 0 saturated heterocycles. The summed E-state index contributed by atoms with van der Waals surface area (Å²) in [5, 5.41) is 3.62. The first kappa shape index (κ1) is 11.3. The Morgan fingerprint density at radius 3 is 2.83 bits per heavy atom. The van der Waals surface area contributed by atoms with Crippen LogP contribution in [0, 0.1) is 11.6 Å². The summed E-state index contributed by atoms with van der Waals surface area (Å²) in [4.78, 5) is 4.40. The van der Waals surface area contributed by atoms with Crippen LogP contribution in [-0.4, -0.2) is 18.6 Å². The summed E-state index contributed by atoms with van der Waals surface area (Å²) in [6, 6.07) is 2.32. The summed E-state index contributed by atoms with van der Waals surface area (Å²) >= 11 is 0. The van der Waals surface area contributed by atoms with Crippen LogP contribution in [0.3, 0.4) is 0 Å². The lowest BCUT2D eigenvalue weighted by Crippen LogP contribution is -2.14. The molecule has 94 valence electrons. The van der Waals surface area contributed by atoms with Crippen LogP contribution in [0.4, 0.5) is 14.5 Å². The van der Waals surface area contributed by atoms with Crippen LogP contribution >= 0.6 is 0 Å². The van der Waals surface area contributed by atoms with Crippen LogP contribution in [0.15, 0.2) is 12.1 Å². The fraction of sp³-hybridized carbons (Fsp3) is 0.308. The number of fused-ring (bicyclic) bond motifs is 2. The summed E-state index contributed by atoms with van der Waals surface area (Å²) in [5.41, 5.74) is 3.07. The normalized spacial score (nSPS) is 14.6. The van der Waals surface area contributed by atoms with Gasteiger partial charge in [0.15, 0.2) is 11.6 Å². The van der Waals surface area contributed by atoms with Gasteiger partial charge in [-0.3, -0.25) is 4.98 Å². The van der Waals surface area contributed by atoms with Crippen molar-refractivity contribution < 1.29 is 13.5 Å². The Morgan fingerprint density at radius 1 is 1.28 bits per heavy atom. The Labute approximate surface area is 103 Å². The van der Waals surface area contributed by atoms with Crippen molar-refractivity contribution in [3.63, 3.8) is 0 Å². The predicted octanol–water partition coefficient (Wildman–Crippen LogP) is 2.63. The minimum absolute atomic E-state index is 0.452. The molecule has 5 heteroatoms. The van der Waals surface area contributed by atoms with Crippen molar-refractivity contribution in [1.82, 2.24) is 4.98 Å². The fourth-order valence-corrected chi connectivity index (χ4v) is 2.34. The van der Waals surface area contributed by atoms with E-state index in [1.807, 2.05) is 0 Å². The molecule has 0 unspecified atom stereocenters. The molecule has 0 amide bonds. The number of hydrogen-bond donors (Lipinski definition) is 1. The molecule has 0 aliphatic carbocycles. The Hall–Kier alpha value is -1.75. The number of hydrogen-bond acceptors (Lipinski definition) is 3. The van der Waals surface area contributed by atoms with Gasteiger partial charge in [-0.15, -0.1) is 0 Å². The van der Waals surface area contributed by atoms with E-state index in [-0.39, 0.29) is 0 Å². The number of anilines is 1. The van der Waals surface area contributed by atoms with E-state index in [1.54, 1.807) is 7.05 Å². The van der Waals surface area contributed by atoms with E-state index in [1.165, 1.54) is 6.07 Å². The van der Waals surface area contributed by atoms with Crippen molar-refractivity contribution in [2.75, 3.05) is 19.0 Å². The molecule has 1 aromatic heterocycles. The van der Waals surface area contributed by atoms with Gasteiger partial charge in [0.2, 0.25) is 0 Å². The third kappa shape index (κ3) is 1.62. The molecular formula is C13H12F2N2O. The van der Waals surface area contributed by atoms with Gasteiger partial charge in [0, 0.05) is 30.5 Å². The lowest BCUT2D eigenvalue weighted by atomic mass is 10.0. The zero-order valence-corrected chi connectivity index (χ0v) is 9.89. The first-order valence-electron chi connectivity index (χ1n) is 5.76. The van der Waals surface area contributed by atoms with Crippen LogP contribution in [-0.2, 0) is 17.8 Å². The first-order valence-corrected chi connectivity index (χ1v) is 5.76. The van der Waals surface area contributed by atoms with E-state index in [9.17, 15) is 8.78 Å². The monoisotopic (exact) mass is 250 g/mol. The zero-order chi connectivity index (χ0) is 12.7. The molecule has 2 aromatic rings. The smallest absolute Gasteiger partial charge is 0.161 e. The van der Waals surface area contributed by atoms with E-state index in [0.717, 1.165) is 23.0 Å². The number of ether oxygens (including phenoxy) is 1. The number of halogens is 2. The van der Waals surface area contributed by atoms with E-state index in [2.05, 4.69) is 10.3 Å². The van der Waals surface area contributed by atoms with Gasteiger partial charge in [-0.25, -0.2) is 8.78 Å². The van der Waals surface area contributed by atoms with E-state index < -0.39 is 11.6 Å². The van der Waals surface area contributed by atoms with Gasteiger partial charge in [0.05, 0.1) is 30.1 Å². The molecule has 0 bridgehead atoms. The van der Waals surface area contributed by atoms with Gasteiger partial charge in [-0.2, -0.15) is 0 Å². The summed E-state index contributed by atoms with van der Waals surface area (Å²) in [6.45, 7) is 1.06. The summed E-state index contributed by atoms with van der Waals surface area (Å²) in [7, 11) is 1.75. The standard InChI is InChI=1S/C13H12F2N2O/c1-16-13-7-4-9(14)10(15)5-12(7)17-11-2-3-18-6-8(11)13/h4-5H,2-3,6H2,1H3,(H,16,17). The Kier molecular flexibility index (Phi) is 2.63. The second kappa shape index (κ2) is 4.17. The van der Waals surface area contributed by atoms with Crippen molar-refractivity contribution >= 4 is 16.6 Å². The quantitative estimate of drug-likeness (QED) is 0.844. The number of nitrogens with one attached hydrogen (secondary N) is 1. The summed E-state index contributed by atoms with van der Waals surface area (Å²) in [6.07, 6.45) is 0.693. The molecule has 0 saturated carbocycles. The molecule has 0 spiro atoms. The van der Waals surface area contributed by atoms with Crippen molar-refractivity contribution in [2.24, 2.45) is 0 Å². The highest BCUT2D eigenvalue weighted by Crippen LogP contribution is 2.32. The number of pyridine rings is 1. The van der Waals surface area contributed by atoms with Crippen LogP contribution < -0.4 is 5.32 Å². The average molecular weight is 250 g/mol. The minimum atomic E-state index is -0.871.